The van der Waals surface area contributed by atoms with E-state index < -0.39 is 0 Å². The van der Waals surface area contributed by atoms with Crippen LogP contribution in [0.2, 0.25) is 0 Å². The van der Waals surface area contributed by atoms with Crippen LogP contribution in [-0.4, -0.2) is 31.5 Å². The molecule has 0 saturated heterocycles. The van der Waals surface area contributed by atoms with Gasteiger partial charge < -0.3 is 21.1 Å². The van der Waals surface area contributed by atoms with Gasteiger partial charge in [-0.3, -0.25) is 9.59 Å². The van der Waals surface area contributed by atoms with E-state index in [0.29, 0.717) is 31.8 Å². The first kappa shape index (κ1) is 19.5. The van der Waals surface area contributed by atoms with E-state index in [-0.39, 0.29) is 18.2 Å². The summed E-state index contributed by atoms with van der Waals surface area (Å²) in [6.45, 7) is 1.87. The molecule has 0 spiro atoms. The summed E-state index contributed by atoms with van der Waals surface area (Å²) in [6.07, 6.45) is 1.04. The SMILES string of the molecule is NCCCNC(=O)c1ccc(CNC(=O)CCOc2ccccc2)cc1. The average molecular weight is 355 g/mol. The summed E-state index contributed by atoms with van der Waals surface area (Å²) in [6, 6.07) is 16.5. The third-order valence-electron chi connectivity index (χ3n) is 3.71. The first-order chi connectivity index (χ1) is 12.7. The third-order valence-corrected chi connectivity index (χ3v) is 3.71. The topological polar surface area (TPSA) is 93.5 Å². The molecule has 4 N–H and O–H groups in total. The van der Waals surface area contributed by atoms with E-state index in [0.717, 1.165) is 17.7 Å². The molecule has 2 aromatic rings. The highest BCUT2D eigenvalue weighted by Gasteiger charge is 2.06. The zero-order valence-electron chi connectivity index (χ0n) is 14.7. The highest BCUT2D eigenvalue weighted by Crippen LogP contribution is 2.08. The fourth-order valence-electron chi connectivity index (χ4n) is 2.25. The summed E-state index contributed by atoms with van der Waals surface area (Å²) in [5, 5.41) is 5.65. The molecule has 2 amide bonds. The van der Waals surface area contributed by atoms with E-state index in [2.05, 4.69) is 10.6 Å². The maximum absolute atomic E-state index is 11.9. The van der Waals surface area contributed by atoms with Gasteiger partial charge in [0.1, 0.15) is 5.75 Å². The Balaban J connectivity index is 1.68. The minimum atomic E-state index is -0.118. The lowest BCUT2D eigenvalue weighted by Crippen LogP contribution is -2.26. The van der Waals surface area contributed by atoms with Gasteiger partial charge in [-0.2, -0.15) is 0 Å². The maximum Gasteiger partial charge on any atom is 0.251 e. The van der Waals surface area contributed by atoms with Crippen LogP contribution in [0.4, 0.5) is 0 Å². The fraction of sp³-hybridized carbons (Fsp3) is 0.300. The van der Waals surface area contributed by atoms with Gasteiger partial charge in [0.25, 0.3) is 5.91 Å². The second-order valence-corrected chi connectivity index (χ2v) is 5.78. The molecule has 0 saturated carbocycles. The van der Waals surface area contributed by atoms with Crippen molar-refractivity contribution in [2.45, 2.75) is 19.4 Å². The molecule has 0 radical (unpaired) electrons. The molecular weight excluding hydrogens is 330 g/mol. The number of carbonyl (C=O) groups is 2. The van der Waals surface area contributed by atoms with Crippen LogP contribution in [-0.2, 0) is 11.3 Å². The summed E-state index contributed by atoms with van der Waals surface area (Å²) in [7, 11) is 0. The molecule has 0 fully saturated rings. The van der Waals surface area contributed by atoms with Crippen LogP contribution in [0.3, 0.4) is 0 Å². The Bertz CT molecular complexity index is 687. The zero-order valence-corrected chi connectivity index (χ0v) is 14.7. The molecule has 26 heavy (non-hydrogen) atoms. The molecule has 0 unspecified atom stereocenters. The van der Waals surface area contributed by atoms with E-state index in [4.69, 9.17) is 10.5 Å². The number of carbonyl (C=O) groups excluding carboxylic acids is 2. The lowest BCUT2D eigenvalue weighted by atomic mass is 10.1. The molecule has 0 atom stereocenters. The van der Waals surface area contributed by atoms with Gasteiger partial charge >= 0.3 is 0 Å². The number of hydrogen-bond acceptors (Lipinski definition) is 4. The van der Waals surface area contributed by atoms with Gasteiger partial charge in [0.15, 0.2) is 0 Å². The van der Waals surface area contributed by atoms with Gasteiger partial charge in [0, 0.05) is 18.7 Å². The molecule has 0 aromatic heterocycles. The fourth-order valence-corrected chi connectivity index (χ4v) is 2.25. The average Bonchev–Trinajstić information content (AvgIpc) is 2.68. The van der Waals surface area contributed by atoms with E-state index in [9.17, 15) is 9.59 Å². The van der Waals surface area contributed by atoms with Gasteiger partial charge in [-0.15, -0.1) is 0 Å². The van der Waals surface area contributed by atoms with Crippen molar-refractivity contribution >= 4 is 11.8 Å². The number of ether oxygens (including phenoxy) is 1. The maximum atomic E-state index is 11.9. The lowest BCUT2D eigenvalue weighted by Gasteiger charge is -2.08. The Kier molecular flexibility index (Phi) is 8.15. The zero-order chi connectivity index (χ0) is 18.6. The van der Waals surface area contributed by atoms with Crippen molar-refractivity contribution in [1.82, 2.24) is 10.6 Å². The van der Waals surface area contributed by atoms with Crippen LogP contribution >= 0.6 is 0 Å². The number of benzene rings is 2. The van der Waals surface area contributed by atoms with Crippen LogP contribution in [0.25, 0.3) is 0 Å². The summed E-state index contributed by atoms with van der Waals surface area (Å²) < 4.78 is 5.50. The van der Waals surface area contributed by atoms with Crippen molar-refractivity contribution in [3.8, 4) is 5.75 Å². The van der Waals surface area contributed by atoms with E-state index >= 15 is 0 Å². The standard InChI is InChI=1S/C20H25N3O3/c21-12-4-13-22-20(25)17-9-7-16(8-10-17)15-23-19(24)11-14-26-18-5-2-1-3-6-18/h1-3,5-10H,4,11-15,21H2,(H,22,25)(H,23,24). The van der Waals surface area contributed by atoms with Crippen LogP contribution in [0.1, 0.15) is 28.8 Å². The molecule has 0 aliphatic carbocycles. The van der Waals surface area contributed by atoms with Gasteiger partial charge in [-0.25, -0.2) is 0 Å². The van der Waals surface area contributed by atoms with Crippen LogP contribution in [0.5, 0.6) is 5.75 Å². The largest absolute Gasteiger partial charge is 0.493 e. The van der Waals surface area contributed by atoms with Crippen LogP contribution in [0, 0.1) is 0 Å². The Hall–Kier alpha value is -2.86. The molecule has 138 valence electrons. The molecule has 6 heteroatoms. The first-order valence-corrected chi connectivity index (χ1v) is 8.71. The third kappa shape index (κ3) is 6.94. The van der Waals surface area contributed by atoms with Crippen molar-refractivity contribution in [1.29, 1.82) is 0 Å². The normalized spacial score (nSPS) is 10.2. The van der Waals surface area contributed by atoms with Gasteiger partial charge in [-0.1, -0.05) is 30.3 Å². The highest BCUT2D eigenvalue weighted by molar-refractivity contribution is 5.94. The quantitative estimate of drug-likeness (QED) is 0.567. The predicted molar refractivity (Wildman–Crippen MR) is 101 cm³/mol. The lowest BCUT2D eigenvalue weighted by molar-refractivity contribution is -0.121. The van der Waals surface area contributed by atoms with Gasteiger partial charge in [-0.05, 0) is 42.8 Å². The Labute approximate surface area is 153 Å². The molecule has 0 aliphatic rings. The number of nitrogens with two attached hydrogens (primary N) is 1. The summed E-state index contributed by atoms with van der Waals surface area (Å²) >= 11 is 0. The Morgan fingerprint density at radius 2 is 1.69 bits per heavy atom. The van der Waals surface area contributed by atoms with Crippen molar-refractivity contribution in [2.75, 3.05) is 19.7 Å². The second kappa shape index (κ2) is 10.9. The number of para-hydroxylation sites is 1. The number of rotatable bonds is 10. The van der Waals surface area contributed by atoms with Gasteiger partial charge in [0.2, 0.25) is 5.91 Å². The van der Waals surface area contributed by atoms with E-state index in [1.165, 1.54) is 0 Å². The van der Waals surface area contributed by atoms with E-state index in [1.807, 2.05) is 42.5 Å². The summed E-state index contributed by atoms with van der Waals surface area (Å²) in [5.74, 6) is 0.553. The Morgan fingerprint density at radius 1 is 0.962 bits per heavy atom. The number of nitrogens with one attached hydrogen (secondary N) is 2. The Morgan fingerprint density at radius 3 is 2.38 bits per heavy atom. The summed E-state index contributed by atoms with van der Waals surface area (Å²) in [5.41, 5.74) is 6.92. The molecular formula is C20H25N3O3. The molecule has 0 heterocycles. The van der Waals surface area contributed by atoms with Crippen LogP contribution < -0.4 is 21.1 Å². The van der Waals surface area contributed by atoms with Crippen molar-refractivity contribution in [2.24, 2.45) is 5.73 Å². The molecule has 6 nitrogen and oxygen atoms in total. The van der Waals surface area contributed by atoms with Gasteiger partial charge in [0.05, 0.1) is 13.0 Å². The second-order valence-electron chi connectivity index (χ2n) is 5.78. The highest BCUT2D eigenvalue weighted by atomic mass is 16.5. The number of amides is 2. The smallest absolute Gasteiger partial charge is 0.251 e. The first-order valence-electron chi connectivity index (χ1n) is 8.71. The van der Waals surface area contributed by atoms with E-state index in [1.54, 1.807) is 12.1 Å². The molecule has 0 aliphatic heterocycles. The summed E-state index contributed by atoms with van der Waals surface area (Å²) in [4.78, 5) is 23.8. The van der Waals surface area contributed by atoms with Crippen molar-refractivity contribution < 1.29 is 14.3 Å². The van der Waals surface area contributed by atoms with Crippen LogP contribution in [0.15, 0.2) is 54.6 Å². The predicted octanol–water partition coefficient (Wildman–Crippen LogP) is 1.85. The molecule has 0 bridgehead atoms. The van der Waals surface area contributed by atoms with Crippen molar-refractivity contribution in [3.05, 3.63) is 65.7 Å². The minimum absolute atomic E-state index is 0.0791. The molecule has 2 rings (SSSR count). The molecule has 2 aromatic carbocycles. The minimum Gasteiger partial charge on any atom is -0.493 e. The number of hydrogen-bond donors (Lipinski definition) is 3. The monoisotopic (exact) mass is 355 g/mol. The van der Waals surface area contributed by atoms with Crippen molar-refractivity contribution in [3.63, 3.8) is 0 Å².